The van der Waals surface area contributed by atoms with Crippen LogP contribution in [0.3, 0.4) is 0 Å². The Balaban J connectivity index is 3.59. The number of hydrogen-bond acceptors (Lipinski definition) is 1. The first kappa shape index (κ1) is 16.1. The van der Waals surface area contributed by atoms with Gasteiger partial charge in [0.25, 0.3) is 0 Å². The van der Waals surface area contributed by atoms with Crippen molar-refractivity contribution in [1.29, 1.82) is 0 Å². The van der Waals surface area contributed by atoms with Gasteiger partial charge < -0.3 is 0 Å². The first-order valence-electron chi connectivity index (χ1n) is 5.19. The van der Waals surface area contributed by atoms with Crippen molar-refractivity contribution in [1.82, 2.24) is 4.31 Å². The third-order valence-corrected chi connectivity index (χ3v) is 4.46. The lowest BCUT2D eigenvalue weighted by atomic mass is 10.3. The van der Waals surface area contributed by atoms with Crippen molar-refractivity contribution in [3.63, 3.8) is 0 Å². The zero-order valence-electron chi connectivity index (χ0n) is 9.92. The first-order valence-corrected chi connectivity index (χ1v) is 6.58. The predicted octanol–water partition coefficient (Wildman–Crippen LogP) is 4.57. The van der Waals surface area contributed by atoms with E-state index in [4.69, 9.17) is 0 Å². The molecule has 0 saturated heterocycles. The lowest BCUT2D eigenvalue weighted by Crippen LogP contribution is -2.25. The summed E-state index contributed by atoms with van der Waals surface area (Å²) in [6.07, 6.45) is 0. The Kier molecular flexibility index (Phi) is 4.72. The van der Waals surface area contributed by atoms with Gasteiger partial charge in [-0.3, -0.25) is 0 Å². The highest BCUT2D eigenvalue weighted by molar-refractivity contribution is 8.23. The highest BCUT2D eigenvalue weighted by Gasteiger charge is 2.42. The number of rotatable bonds is 4. The maximum Gasteiger partial charge on any atom is 0.200 e. The predicted molar refractivity (Wildman–Crippen MR) is 57.2 cm³/mol. The Morgan fingerprint density at radius 1 is 0.737 bits per heavy atom. The Morgan fingerprint density at radius 3 is 1.37 bits per heavy atom. The van der Waals surface area contributed by atoms with Crippen LogP contribution in [-0.2, 0) is 0 Å². The quantitative estimate of drug-likeness (QED) is 0.447. The minimum Gasteiger partial charge on any atom is -0.215 e. The molecule has 9 heteroatoms. The molecule has 0 radical (unpaired) electrons. The fourth-order valence-electron chi connectivity index (χ4n) is 1.48. The van der Waals surface area contributed by atoms with Gasteiger partial charge in [0.2, 0.25) is 5.82 Å². The summed E-state index contributed by atoms with van der Waals surface area (Å²) in [7, 11) is -5.29. The summed E-state index contributed by atoms with van der Waals surface area (Å²) in [4.78, 5) is -2.05. The van der Waals surface area contributed by atoms with Crippen molar-refractivity contribution >= 4 is 11.0 Å². The molecule has 0 fully saturated rings. The van der Waals surface area contributed by atoms with Crippen molar-refractivity contribution < 1.29 is 29.7 Å². The van der Waals surface area contributed by atoms with Gasteiger partial charge in [-0.25, -0.2) is 26.3 Å². The molecule has 0 amide bonds. The molecular weight excluding hydrogens is 299 g/mol. The molecule has 0 aliphatic carbocycles. The van der Waals surface area contributed by atoms with Gasteiger partial charge in [0.05, 0.1) is 0 Å². The molecule has 110 valence electrons. The van der Waals surface area contributed by atoms with E-state index in [1.165, 1.54) is 13.8 Å². The average molecular weight is 309 g/mol. The fourth-order valence-corrected chi connectivity index (χ4v) is 2.99. The molecule has 0 aromatic heterocycles. The molecular formula is C10H10F7NS. The molecule has 0 bridgehead atoms. The molecule has 0 unspecified atom stereocenters. The highest BCUT2D eigenvalue weighted by Crippen LogP contribution is 2.63. The van der Waals surface area contributed by atoms with E-state index in [0.29, 0.717) is 4.31 Å². The van der Waals surface area contributed by atoms with Crippen molar-refractivity contribution in [2.75, 3.05) is 13.1 Å². The van der Waals surface area contributed by atoms with Gasteiger partial charge in [0.1, 0.15) is 4.90 Å². The van der Waals surface area contributed by atoms with Crippen LogP contribution in [-0.4, -0.2) is 17.4 Å². The van der Waals surface area contributed by atoms with E-state index >= 15 is 0 Å². The van der Waals surface area contributed by atoms with Crippen molar-refractivity contribution in [2.45, 2.75) is 18.7 Å². The zero-order valence-corrected chi connectivity index (χ0v) is 10.7. The van der Waals surface area contributed by atoms with Crippen LogP contribution in [0, 0.1) is 29.1 Å². The summed E-state index contributed by atoms with van der Waals surface area (Å²) >= 11 is 0. The maximum atomic E-state index is 13.9. The largest absolute Gasteiger partial charge is 0.215 e. The van der Waals surface area contributed by atoms with Crippen LogP contribution in [0.2, 0.25) is 0 Å². The third kappa shape index (κ3) is 2.53. The Labute approximate surface area is 107 Å². The molecule has 1 nitrogen and oxygen atoms in total. The van der Waals surface area contributed by atoms with Crippen LogP contribution in [0.5, 0.6) is 0 Å². The monoisotopic (exact) mass is 309 g/mol. The minimum atomic E-state index is -5.29. The SMILES string of the molecule is CCN(CC)S(F)(F)c1c(F)c(F)c(F)c(F)c1F. The summed E-state index contributed by atoms with van der Waals surface area (Å²) in [5.41, 5.74) is 0. The third-order valence-electron chi connectivity index (χ3n) is 2.44. The number of benzene rings is 1. The number of halogens is 7. The minimum absolute atomic E-state index is 0.293. The zero-order chi connectivity index (χ0) is 15.0. The Hall–Kier alpha value is -0.960. The van der Waals surface area contributed by atoms with Crippen LogP contribution in [0.25, 0.3) is 0 Å². The van der Waals surface area contributed by atoms with Gasteiger partial charge >= 0.3 is 0 Å². The fraction of sp³-hybridized carbons (Fsp3) is 0.400. The lowest BCUT2D eigenvalue weighted by Gasteiger charge is -2.32. The molecule has 0 spiro atoms. The Morgan fingerprint density at radius 2 is 1.05 bits per heavy atom. The van der Waals surface area contributed by atoms with E-state index in [0.717, 1.165) is 0 Å². The standard InChI is InChI=1S/C10H10F7NS/c1-3-18(4-2)19(16,17)10-8(14)6(12)5(11)7(13)9(10)15/h3-4H2,1-2H3. The topological polar surface area (TPSA) is 3.24 Å². The van der Waals surface area contributed by atoms with Gasteiger partial charge in [-0.2, -0.15) is 0 Å². The summed E-state index contributed by atoms with van der Waals surface area (Å²) < 4.78 is 93.4. The van der Waals surface area contributed by atoms with Crippen LogP contribution >= 0.6 is 11.0 Å². The molecule has 1 rings (SSSR count). The van der Waals surface area contributed by atoms with Gasteiger partial charge in [0.15, 0.2) is 34.3 Å². The van der Waals surface area contributed by atoms with Crippen molar-refractivity contribution in [3.05, 3.63) is 29.1 Å². The summed E-state index contributed by atoms with van der Waals surface area (Å²) in [5, 5.41) is 0. The van der Waals surface area contributed by atoms with E-state index in [-0.39, 0.29) is 13.1 Å². The van der Waals surface area contributed by atoms with Crippen LogP contribution in [0.4, 0.5) is 29.7 Å². The second-order valence-corrected chi connectivity index (χ2v) is 5.26. The molecule has 0 aliphatic rings. The van der Waals surface area contributed by atoms with Gasteiger partial charge in [-0.05, 0) is 0 Å². The van der Waals surface area contributed by atoms with E-state index in [1.807, 2.05) is 0 Å². The summed E-state index contributed by atoms with van der Waals surface area (Å²) in [6, 6.07) is 0. The van der Waals surface area contributed by atoms with Crippen LogP contribution in [0.15, 0.2) is 4.90 Å². The van der Waals surface area contributed by atoms with E-state index in [1.54, 1.807) is 0 Å². The smallest absolute Gasteiger partial charge is 0.200 e. The van der Waals surface area contributed by atoms with Gasteiger partial charge in [-0.1, -0.05) is 13.8 Å². The van der Waals surface area contributed by atoms with Gasteiger partial charge in [-0.15, -0.1) is 7.77 Å². The Bertz CT molecular complexity index is 458. The average Bonchev–Trinajstić information content (AvgIpc) is 2.35. The first-order chi connectivity index (χ1) is 8.69. The van der Waals surface area contributed by atoms with Crippen molar-refractivity contribution in [2.24, 2.45) is 0 Å². The van der Waals surface area contributed by atoms with Gasteiger partial charge in [0, 0.05) is 13.1 Å². The highest BCUT2D eigenvalue weighted by atomic mass is 32.3. The van der Waals surface area contributed by atoms with Crippen LogP contribution < -0.4 is 0 Å². The number of hydrogen-bond donors (Lipinski definition) is 0. The summed E-state index contributed by atoms with van der Waals surface area (Å²) in [5.74, 6) is -12.2. The number of nitrogens with zero attached hydrogens (tertiary/aromatic N) is 1. The molecule has 0 N–H and O–H groups in total. The molecule has 1 aromatic rings. The van der Waals surface area contributed by atoms with E-state index in [2.05, 4.69) is 0 Å². The molecule has 0 atom stereocenters. The second-order valence-electron chi connectivity index (χ2n) is 3.46. The molecule has 19 heavy (non-hydrogen) atoms. The van der Waals surface area contributed by atoms with E-state index < -0.39 is 45.0 Å². The molecule has 0 aliphatic heterocycles. The van der Waals surface area contributed by atoms with Crippen molar-refractivity contribution in [3.8, 4) is 0 Å². The summed E-state index contributed by atoms with van der Waals surface area (Å²) in [6.45, 7) is 1.99. The normalized spacial score (nSPS) is 13.2. The molecule has 0 heterocycles. The molecule has 0 saturated carbocycles. The van der Waals surface area contributed by atoms with E-state index in [9.17, 15) is 29.7 Å². The lowest BCUT2D eigenvalue weighted by molar-refractivity contribution is 0.351. The maximum absolute atomic E-state index is 13.9. The molecule has 1 aromatic carbocycles. The van der Waals surface area contributed by atoms with Crippen LogP contribution in [0.1, 0.15) is 13.8 Å². The second kappa shape index (κ2) is 5.58.